The van der Waals surface area contributed by atoms with Gasteiger partial charge < -0.3 is 9.47 Å². The maximum atomic E-state index is 11.4. The monoisotopic (exact) mass is 303 g/mol. The predicted octanol–water partition coefficient (Wildman–Crippen LogP) is 2.38. The van der Waals surface area contributed by atoms with Gasteiger partial charge in [-0.1, -0.05) is 24.8 Å². The van der Waals surface area contributed by atoms with Gasteiger partial charge in [0.15, 0.2) is 6.10 Å². The van der Waals surface area contributed by atoms with E-state index in [-0.39, 0.29) is 12.1 Å². The Labute approximate surface area is 131 Å². The molecule has 5 nitrogen and oxygen atoms in total. The first-order valence-electron chi connectivity index (χ1n) is 7.26. The van der Waals surface area contributed by atoms with Gasteiger partial charge in [-0.25, -0.2) is 5.43 Å². The highest BCUT2D eigenvalue weighted by molar-refractivity contribution is 5.66. The van der Waals surface area contributed by atoms with Gasteiger partial charge in [-0.2, -0.15) is 4.59 Å². The number of quaternary nitrogens is 1. The average molecular weight is 303 g/mol. The van der Waals surface area contributed by atoms with E-state index in [1.807, 2.05) is 50.4 Å². The van der Waals surface area contributed by atoms with Crippen LogP contribution in [0.4, 0.5) is 0 Å². The lowest BCUT2D eigenvalue weighted by molar-refractivity contribution is -0.909. The molecule has 0 spiro atoms. The Morgan fingerprint density at radius 2 is 2.05 bits per heavy atom. The second-order valence-corrected chi connectivity index (χ2v) is 5.65. The van der Waals surface area contributed by atoms with Crippen molar-refractivity contribution in [2.45, 2.75) is 20.0 Å². The molecule has 1 unspecified atom stereocenters. The summed E-state index contributed by atoms with van der Waals surface area (Å²) in [7, 11) is 2.02. The Hall–Kier alpha value is -2.27. The number of esters is 1. The Kier molecular flexibility index (Phi) is 4.88. The molecule has 1 aromatic rings. The molecule has 0 bridgehead atoms. The first kappa shape index (κ1) is 16.1. The van der Waals surface area contributed by atoms with Gasteiger partial charge in [0, 0.05) is 19.9 Å². The van der Waals surface area contributed by atoms with E-state index in [1.54, 1.807) is 0 Å². The summed E-state index contributed by atoms with van der Waals surface area (Å²) < 4.78 is 11.6. The quantitative estimate of drug-likeness (QED) is 0.647. The molecule has 0 aromatic heterocycles. The third kappa shape index (κ3) is 4.11. The first-order valence-corrected chi connectivity index (χ1v) is 7.26. The maximum Gasteiger partial charge on any atom is 0.303 e. The fourth-order valence-corrected chi connectivity index (χ4v) is 2.49. The summed E-state index contributed by atoms with van der Waals surface area (Å²) in [4.78, 5) is 11.4. The summed E-state index contributed by atoms with van der Waals surface area (Å²) in [6, 6.07) is 9.49. The minimum atomic E-state index is -0.357. The van der Waals surface area contributed by atoms with Crippen LogP contribution in [0.3, 0.4) is 0 Å². The van der Waals surface area contributed by atoms with Crippen LogP contribution in [0.5, 0.6) is 5.75 Å². The first-order chi connectivity index (χ1) is 10.4. The van der Waals surface area contributed by atoms with Crippen LogP contribution in [0.15, 0.2) is 54.4 Å². The second kappa shape index (κ2) is 6.66. The molecule has 0 amide bonds. The fourth-order valence-electron chi connectivity index (χ4n) is 2.49. The Balaban J connectivity index is 2.02. The number of allylic oxidation sites excluding steroid dienone is 2. The number of benzene rings is 1. The van der Waals surface area contributed by atoms with Gasteiger partial charge in [-0.3, -0.25) is 4.79 Å². The Morgan fingerprint density at radius 3 is 2.59 bits per heavy atom. The van der Waals surface area contributed by atoms with Crippen molar-refractivity contribution in [2.24, 2.45) is 0 Å². The molecule has 22 heavy (non-hydrogen) atoms. The van der Waals surface area contributed by atoms with Crippen molar-refractivity contribution in [2.75, 3.05) is 20.2 Å². The van der Waals surface area contributed by atoms with Crippen molar-refractivity contribution in [1.82, 2.24) is 5.43 Å². The topological polar surface area (TPSA) is 47.6 Å². The zero-order valence-electron chi connectivity index (χ0n) is 13.3. The molecule has 0 aliphatic carbocycles. The SMILES string of the molecule is C=C1C=C(C)[N+](C)(C[C@H](COc2ccccc2)OC(C)=O)N1. The van der Waals surface area contributed by atoms with Crippen molar-refractivity contribution in [3.63, 3.8) is 0 Å². The number of para-hydroxylation sites is 1. The largest absolute Gasteiger partial charge is 0.489 e. The highest BCUT2D eigenvalue weighted by Gasteiger charge is 2.35. The van der Waals surface area contributed by atoms with Gasteiger partial charge in [0.1, 0.15) is 24.6 Å². The molecule has 0 radical (unpaired) electrons. The number of carbonyl (C=O) groups excluding carboxylic acids is 1. The van der Waals surface area contributed by atoms with Crippen LogP contribution in [0.1, 0.15) is 13.8 Å². The van der Waals surface area contributed by atoms with Crippen LogP contribution in [0.2, 0.25) is 0 Å². The van der Waals surface area contributed by atoms with Crippen molar-refractivity contribution in [1.29, 1.82) is 0 Å². The van der Waals surface area contributed by atoms with Gasteiger partial charge in [0.05, 0.1) is 12.7 Å². The highest BCUT2D eigenvalue weighted by Crippen LogP contribution is 2.22. The lowest BCUT2D eigenvalue weighted by atomic mass is 10.3. The average Bonchev–Trinajstić information content (AvgIpc) is 2.69. The van der Waals surface area contributed by atoms with Gasteiger partial charge in [-0.05, 0) is 12.1 Å². The number of carbonyl (C=O) groups is 1. The van der Waals surface area contributed by atoms with Crippen molar-refractivity contribution >= 4 is 5.97 Å². The molecule has 118 valence electrons. The predicted molar refractivity (Wildman–Crippen MR) is 84.6 cm³/mol. The normalized spacial score (nSPS) is 21.8. The molecule has 1 aliphatic rings. The molecule has 1 aliphatic heterocycles. The molecule has 1 heterocycles. The lowest BCUT2D eigenvalue weighted by Gasteiger charge is -2.33. The van der Waals surface area contributed by atoms with Crippen molar-refractivity contribution < 1.29 is 18.9 Å². The van der Waals surface area contributed by atoms with Crippen LogP contribution in [0.25, 0.3) is 0 Å². The molecule has 2 atom stereocenters. The number of rotatable bonds is 6. The van der Waals surface area contributed by atoms with Gasteiger partial charge in [0.25, 0.3) is 0 Å². The number of likely N-dealkylation sites (N-methyl/N-ethyl adjacent to an activating group) is 1. The third-order valence-electron chi connectivity index (χ3n) is 3.63. The number of nitrogens with zero attached hydrogens (tertiary/aromatic N) is 1. The van der Waals surface area contributed by atoms with Crippen LogP contribution >= 0.6 is 0 Å². The maximum absolute atomic E-state index is 11.4. The zero-order chi connectivity index (χ0) is 16.2. The number of ether oxygens (including phenoxy) is 2. The zero-order valence-corrected chi connectivity index (χ0v) is 13.3. The summed E-state index contributed by atoms with van der Waals surface area (Å²) in [6.07, 6.45) is 1.63. The lowest BCUT2D eigenvalue weighted by Crippen LogP contribution is -2.54. The number of nitrogens with one attached hydrogen (secondary N) is 1. The summed E-state index contributed by atoms with van der Waals surface area (Å²) in [6.45, 7) is 8.22. The van der Waals surface area contributed by atoms with E-state index in [4.69, 9.17) is 9.47 Å². The van der Waals surface area contributed by atoms with E-state index in [0.717, 1.165) is 17.1 Å². The minimum absolute atomic E-state index is 0.304. The molecule has 2 rings (SSSR count). The van der Waals surface area contributed by atoms with Crippen molar-refractivity contribution in [3.8, 4) is 5.75 Å². The van der Waals surface area contributed by atoms with E-state index in [1.165, 1.54) is 6.92 Å². The van der Waals surface area contributed by atoms with Crippen molar-refractivity contribution in [3.05, 3.63) is 54.4 Å². The van der Waals surface area contributed by atoms with E-state index >= 15 is 0 Å². The molecule has 0 fully saturated rings. The number of hydrogen-bond donors (Lipinski definition) is 1. The number of hydrogen-bond acceptors (Lipinski definition) is 4. The van der Waals surface area contributed by atoms with Crippen LogP contribution in [-0.2, 0) is 9.53 Å². The molecular weight excluding hydrogens is 280 g/mol. The Morgan fingerprint density at radius 1 is 1.36 bits per heavy atom. The summed E-state index contributed by atoms with van der Waals surface area (Å²) in [5.74, 6) is 0.446. The summed E-state index contributed by atoms with van der Waals surface area (Å²) in [5, 5.41) is 0. The molecule has 1 N–H and O–H groups in total. The molecule has 0 saturated heterocycles. The molecule has 5 heteroatoms. The Bertz CT molecular complexity index is 583. The molecular formula is C17H23N2O3+. The third-order valence-corrected chi connectivity index (χ3v) is 3.63. The standard InChI is InChI=1S/C17H23N2O3/c1-13-10-14(2)19(4,18-13)11-17(22-15(3)20)12-21-16-8-6-5-7-9-16/h5-10,17-18H,1,11-12H2,2-4H3/q+1/t17-,19?/m1/s1. The fraction of sp³-hybridized carbons (Fsp3) is 0.353. The smallest absolute Gasteiger partial charge is 0.303 e. The minimum Gasteiger partial charge on any atom is -0.489 e. The van der Waals surface area contributed by atoms with Crippen LogP contribution < -0.4 is 10.2 Å². The van der Waals surface area contributed by atoms with Gasteiger partial charge >= 0.3 is 5.97 Å². The van der Waals surface area contributed by atoms with Crippen LogP contribution in [-0.4, -0.2) is 36.9 Å². The molecule has 0 saturated carbocycles. The molecule has 1 aromatic carbocycles. The highest BCUT2D eigenvalue weighted by atomic mass is 16.6. The van der Waals surface area contributed by atoms with Crippen LogP contribution in [0, 0.1) is 0 Å². The van der Waals surface area contributed by atoms with Gasteiger partial charge in [0.2, 0.25) is 0 Å². The summed E-state index contributed by atoms with van der Waals surface area (Å²) >= 11 is 0. The van der Waals surface area contributed by atoms with E-state index in [2.05, 4.69) is 12.0 Å². The second-order valence-electron chi connectivity index (χ2n) is 5.65. The van der Waals surface area contributed by atoms with E-state index in [9.17, 15) is 4.79 Å². The summed E-state index contributed by atoms with van der Waals surface area (Å²) in [5.41, 5.74) is 5.25. The van der Waals surface area contributed by atoms with E-state index in [0.29, 0.717) is 17.7 Å². The van der Waals surface area contributed by atoms with Gasteiger partial charge in [-0.15, -0.1) is 0 Å². The van der Waals surface area contributed by atoms with E-state index < -0.39 is 0 Å².